The average molecular weight is 352 g/mol. The Kier molecular flexibility index (Phi) is 5.57. The van der Waals surface area contributed by atoms with Crippen LogP contribution in [-0.4, -0.2) is 53.9 Å². The predicted octanol–water partition coefficient (Wildman–Crippen LogP) is 3.64. The summed E-state index contributed by atoms with van der Waals surface area (Å²) in [5.41, 5.74) is 4.20. The van der Waals surface area contributed by atoms with Crippen LogP contribution in [0.1, 0.15) is 41.3 Å². The predicted molar refractivity (Wildman–Crippen MR) is 106 cm³/mol. The monoisotopic (exact) mass is 352 g/mol. The van der Waals surface area contributed by atoms with Gasteiger partial charge in [-0.05, 0) is 43.1 Å². The third-order valence-electron chi connectivity index (χ3n) is 4.98. The summed E-state index contributed by atoms with van der Waals surface area (Å²) >= 11 is 0. The lowest BCUT2D eigenvalue weighted by molar-refractivity contribution is 0.0664. The van der Waals surface area contributed by atoms with E-state index in [0.29, 0.717) is 17.3 Å². The topological polar surface area (TPSA) is 48.5 Å². The fraction of sp³-hybridized carbons (Fsp3) is 0.429. The number of nitrogens with one attached hydrogen (secondary N) is 1. The number of piperazine rings is 1. The molecule has 0 spiro atoms. The molecule has 26 heavy (non-hydrogen) atoms. The van der Waals surface area contributed by atoms with Crippen molar-refractivity contribution in [1.29, 1.82) is 0 Å². The van der Waals surface area contributed by atoms with Crippen molar-refractivity contribution in [3.63, 3.8) is 0 Å². The van der Waals surface area contributed by atoms with Gasteiger partial charge in [-0.2, -0.15) is 0 Å². The van der Waals surface area contributed by atoms with Gasteiger partial charge in [0.2, 0.25) is 0 Å². The Hall–Kier alpha value is -2.40. The molecule has 1 amide bonds. The normalized spacial score (nSPS) is 15.3. The van der Waals surface area contributed by atoms with Crippen LogP contribution in [0.3, 0.4) is 0 Å². The molecule has 2 aromatic rings. The number of hydrogen-bond donors (Lipinski definition) is 1. The second-order valence-corrected chi connectivity index (χ2v) is 7.34. The van der Waals surface area contributed by atoms with E-state index in [1.165, 1.54) is 11.1 Å². The Morgan fingerprint density at radius 3 is 2.58 bits per heavy atom. The molecule has 0 aliphatic carbocycles. The molecule has 1 aromatic carbocycles. The minimum atomic E-state index is 0.0809. The SMILES string of the molecule is Cc1cccc(C(C)C)c1Nc1cc(C(=O)N2CCN(C)CC2)ccn1. The lowest BCUT2D eigenvalue weighted by Gasteiger charge is -2.32. The zero-order valence-electron chi connectivity index (χ0n) is 16.1. The van der Waals surface area contributed by atoms with Crippen molar-refractivity contribution in [2.45, 2.75) is 26.7 Å². The van der Waals surface area contributed by atoms with Gasteiger partial charge in [0.1, 0.15) is 5.82 Å². The number of benzene rings is 1. The molecule has 1 aromatic heterocycles. The van der Waals surface area contributed by atoms with Gasteiger partial charge in [-0.25, -0.2) is 4.98 Å². The number of aryl methyl sites for hydroxylation is 1. The van der Waals surface area contributed by atoms with Gasteiger partial charge in [0, 0.05) is 43.6 Å². The lowest BCUT2D eigenvalue weighted by Crippen LogP contribution is -2.47. The smallest absolute Gasteiger partial charge is 0.254 e. The first-order valence-electron chi connectivity index (χ1n) is 9.26. The third-order valence-corrected chi connectivity index (χ3v) is 4.98. The number of carbonyl (C=O) groups excluding carboxylic acids is 1. The van der Waals surface area contributed by atoms with Gasteiger partial charge in [-0.15, -0.1) is 0 Å². The Morgan fingerprint density at radius 1 is 1.15 bits per heavy atom. The van der Waals surface area contributed by atoms with Crippen LogP contribution < -0.4 is 5.32 Å². The highest BCUT2D eigenvalue weighted by molar-refractivity contribution is 5.95. The summed E-state index contributed by atoms with van der Waals surface area (Å²) in [7, 11) is 2.09. The summed E-state index contributed by atoms with van der Waals surface area (Å²) in [5.74, 6) is 1.20. The largest absolute Gasteiger partial charge is 0.340 e. The number of aromatic nitrogens is 1. The highest BCUT2D eigenvalue weighted by Gasteiger charge is 2.21. The number of hydrogen-bond acceptors (Lipinski definition) is 4. The number of anilines is 2. The van der Waals surface area contributed by atoms with Gasteiger partial charge in [-0.3, -0.25) is 4.79 Å². The number of amides is 1. The van der Waals surface area contributed by atoms with Crippen LogP contribution in [0.15, 0.2) is 36.5 Å². The fourth-order valence-corrected chi connectivity index (χ4v) is 3.29. The Morgan fingerprint density at radius 2 is 1.88 bits per heavy atom. The van der Waals surface area contributed by atoms with E-state index in [2.05, 4.69) is 61.2 Å². The zero-order valence-corrected chi connectivity index (χ0v) is 16.1. The van der Waals surface area contributed by atoms with Crippen molar-refractivity contribution in [3.8, 4) is 0 Å². The standard InChI is InChI=1S/C21H28N4O/c1-15(2)18-7-5-6-16(3)20(18)23-19-14-17(8-9-22-19)21(26)25-12-10-24(4)11-13-25/h5-9,14-15H,10-13H2,1-4H3,(H,22,23). The number of nitrogens with zero attached hydrogens (tertiary/aromatic N) is 3. The number of carbonyl (C=O) groups is 1. The molecule has 1 saturated heterocycles. The first-order chi connectivity index (χ1) is 12.5. The molecule has 138 valence electrons. The highest BCUT2D eigenvalue weighted by atomic mass is 16.2. The van der Waals surface area contributed by atoms with E-state index < -0.39 is 0 Å². The number of para-hydroxylation sites is 1. The molecule has 0 radical (unpaired) electrons. The molecule has 2 heterocycles. The van der Waals surface area contributed by atoms with Gasteiger partial charge < -0.3 is 15.1 Å². The van der Waals surface area contributed by atoms with Crippen LogP contribution >= 0.6 is 0 Å². The van der Waals surface area contributed by atoms with Crippen LogP contribution in [-0.2, 0) is 0 Å². The van der Waals surface area contributed by atoms with Crippen LogP contribution in [0, 0.1) is 6.92 Å². The molecule has 0 saturated carbocycles. The maximum Gasteiger partial charge on any atom is 0.254 e. The van der Waals surface area contributed by atoms with E-state index in [1.807, 2.05) is 11.0 Å². The summed E-state index contributed by atoms with van der Waals surface area (Å²) in [5, 5.41) is 3.44. The Bertz CT molecular complexity index is 779. The molecule has 5 nitrogen and oxygen atoms in total. The Balaban J connectivity index is 1.81. The van der Waals surface area contributed by atoms with Gasteiger partial charge in [0.15, 0.2) is 0 Å². The van der Waals surface area contributed by atoms with E-state index in [9.17, 15) is 4.79 Å². The van der Waals surface area contributed by atoms with E-state index in [-0.39, 0.29) is 5.91 Å². The van der Waals surface area contributed by atoms with Crippen LogP contribution in [0.25, 0.3) is 0 Å². The molecule has 0 atom stereocenters. The summed E-state index contributed by atoms with van der Waals surface area (Å²) in [4.78, 5) is 21.4. The summed E-state index contributed by atoms with van der Waals surface area (Å²) in [6.45, 7) is 9.84. The van der Waals surface area contributed by atoms with Gasteiger partial charge in [0.25, 0.3) is 5.91 Å². The second kappa shape index (κ2) is 7.87. The molecule has 1 N–H and O–H groups in total. The summed E-state index contributed by atoms with van der Waals surface area (Å²) in [6, 6.07) is 9.97. The van der Waals surface area contributed by atoms with Gasteiger partial charge in [0.05, 0.1) is 0 Å². The van der Waals surface area contributed by atoms with E-state index in [0.717, 1.165) is 31.9 Å². The average Bonchev–Trinajstić information content (AvgIpc) is 2.63. The first-order valence-corrected chi connectivity index (χ1v) is 9.26. The third kappa shape index (κ3) is 4.05. The van der Waals surface area contributed by atoms with Gasteiger partial charge >= 0.3 is 0 Å². The van der Waals surface area contributed by atoms with Crippen molar-refractivity contribution in [3.05, 3.63) is 53.2 Å². The van der Waals surface area contributed by atoms with Crippen molar-refractivity contribution in [2.24, 2.45) is 0 Å². The Labute approximate surface area is 156 Å². The molecule has 1 fully saturated rings. The zero-order chi connectivity index (χ0) is 18.7. The number of likely N-dealkylation sites (N-methyl/N-ethyl adjacent to an activating group) is 1. The number of rotatable bonds is 4. The molecule has 5 heteroatoms. The van der Waals surface area contributed by atoms with Gasteiger partial charge in [-0.1, -0.05) is 32.0 Å². The molecular weight excluding hydrogens is 324 g/mol. The molecule has 0 bridgehead atoms. The minimum Gasteiger partial charge on any atom is -0.340 e. The lowest BCUT2D eigenvalue weighted by atomic mass is 9.98. The van der Waals surface area contributed by atoms with Crippen LogP contribution in [0.4, 0.5) is 11.5 Å². The van der Waals surface area contributed by atoms with E-state index in [1.54, 1.807) is 12.3 Å². The van der Waals surface area contributed by atoms with Crippen molar-refractivity contribution < 1.29 is 4.79 Å². The molecule has 0 unspecified atom stereocenters. The van der Waals surface area contributed by atoms with Crippen LogP contribution in [0.5, 0.6) is 0 Å². The summed E-state index contributed by atoms with van der Waals surface area (Å²) < 4.78 is 0. The quantitative estimate of drug-likeness (QED) is 0.913. The van der Waals surface area contributed by atoms with Crippen LogP contribution in [0.2, 0.25) is 0 Å². The van der Waals surface area contributed by atoms with Crippen molar-refractivity contribution in [2.75, 3.05) is 38.5 Å². The van der Waals surface area contributed by atoms with Crippen molar-refractivity contribution in [1.82, 2.24) is 14.8 Å². The fourth-order valence-electron chi connectivity index (χ4n) is 3.29. The molecular formula is C21H28N4O. The highest BCUT2D eigenvalue weighted by Crippen LogP contribution is 2.29. The maximum absolute atomic E-state index is 12.8. The number of pyridine rings is 1. The van der Waals surface area contributed by atoms with E-state index >= 15 is 0 Å². The van der Waals surface area contributed by atoms with E-state index in [4.69, 9.17) is 0 Å². The molecule has 3 rings (SSSR count). The first kappa shape index (κ1) is 18.4. The maximum atomic E-state index is 12.8. The minimum absolute atomic E-state index is 0.0809. The molecule has 1 aliphatic rings. The second-order valence-electron chi connectivity index (χ2n) is 7.34. The summed E-state index contributed by atoms with van der Waals surface area (Å²) in [6.07, 6.45) is 1.71. The molecule has 1 aliphatic heterocycles. The van der Waals surface area contributed by atoms with Crippen molar-refractivity contribution >= 4 is 17.4 Å².